The van der Waals surface area contributed by atoms with Gasteiger partial charge >= 0.3 is 0 Å². The number of nitrogens with one attached hydrogen (secondary N) is 2. The number of benzene rings is 2. The van der Waals surface area contributed by atoms with Crippen molar-refractivity contribution in [3.8, 4) is 11.5 Å². The van der Waals surface area contributed by atoms with Gasteiger partial charge in [-0.2, -0.15) is 0 Å². The molecule has 1 amide bonds. The molecular weight excluding hydrogens is 360 g/mol. The molecule has 0 aliphatic rings. The van der Waals surface area contributed by atoms with Crippen LogP contribution in [0.2, 0.25) is 0 Å². The molecule has 142 valence electrons. The van der Waals surface area contributed by atoms with Crippen molar-refractivity contribution < 1.29 is 14.3 Å². The third-order valence-electron chi connectivity index (χ3n) is 3.73. The zero-order valence-electron chi connectivity index (χ0n) is 15.5. The highest BCUT2D eigenvalue weighted by Crippen LogP contribution is 2.23. The lowest BCUT2D eigenvalue weighted by molar-refractivity contribution is 0.0977. The van der Waals surface area contributed by atoms with E-state index in [1.165, 1.54) is 0 Å². The van der Waals surface area contributed by atoms with Gasteiger partial charge in [0.25, 0.3) is 5.91 Å². The fourth-order valence-electron chi connectivity index (χ4n) is 2.20. The van der Waals surface area contributed by atoms with Crippen LogP contribution < -0.4 is 20.1 Å². The van der Waals surface area contributed by atoms with Crippen LogP contribution in [0.15, 0.2) is 61.2 Å². The Labute approximate surface area is 165 Å². The molecule has 2 N–H and O–H groups in total. The molecule has 2 rings (SSSR count). The first-order valence-corrected chi connectivity index (χ1v) is 9.16. The minimum Gasteiger partial charge on any atom is -0.491 e. The Kier molecular flexibility index (Phi) is 7.82. The monoisotopic (exact) mass is 384 g/mol. The normalized spacial score (nSPS) is 11.2. The topological polar surface area (TPSA) is 59.6 Å². The fourth-order valence-corrected chi connectivity index (χ4v) is 2.40. The number of rotatable bonds is 8. The van der Waals surface area contributed by atoms with Crippen molar-refractivity contribution in [2.75, 3.05) is 11.9 Å². The zero-order chi connectivity index (χ0) is 19.6. The maximum absolute atomic E-state index is 12.5. The second kappa shape index (κ2) is 10.3. The van der Waals surface area contributed by atoms with Gasteiger partial charge in [-0.15, -0.1) is 0 Å². The number of anilines is 1. The minimum atomic E-state index is -0.313. The molecule has 0 aromatic heterocycles. The van der Waals surface area contributed by atoms with E-state index in [0.717, 1.165) is 6.42 Å². The first-order valence-electron chi connectivity index (χ1n) is 8.75. The van der Waals surface area contributed by atoms with Crippen LogP contribution in [0.1, 0.15) is 30.6 Å². The van der Waals surface area contributed by atoms with E-state index in [9.17, 15) is 4.79 Å². The molecule has 0 heterocycles. The van der Waals surface area contributed by atoms with Gasteiger partial charge in [0, 0.05) is 5.56 Å². The Morgan fingerprint density at radius 3 is 2.78 bits per heavy atom. The van der Waals surface area contributed by atoms with Crippen molar-refractivity contribution in [3.63, 3.8) is 0 Å². The summed E-state index contributed by atoms with van der Waals surface area (Å²) in [6, 6.07) is 14.3. The summed E-state index contributed by atoms with van der Waals surface area (Å²) in [5.74, 6) is 0.962. The zero-order valence-corrected chi connectivity index (χ0v) is 16.3. The smallest absolute Gasteiger partial charge is 0.257 e. The number of thiocarbonyl (C=S) groups is 1. The number of ether oxygens (including phenoxy) is 2. The van der Waals surface area contributed by atoms with Gasteiger partial charge in [0.15, 0.2) is 5.11 Å². The van der Waals surface area contributed by atoms with Crippen molar-refractivity contribution in [1.29, 1.82) is 0 Å². The quantitative estimate of drug-likeness (QED) is 0.516. The van der Waals surface area contributed by atoms with E-state index in [1.54, 1.807) is 24.3 Å². The second-order valence-electron chi connectivity index (χ2n) is 5.87. The molecule has 1 atom stereocenters. The first-order chi connectivity index (χ1) is 13.0. The van der Waals surface area contributed by atoms with E-state index in [4.69, 9.17) is 21.7 Å². The van der Waals surface area contributed by atoms with Crippen LogP contribution in [0, 0.1) is 0 Å². The second-order valence-corrected chi connectivity index (χ2v) is 6.28. The molecule has 5 nitrogen and oxygen atoms in total. The molecule has 0 aliphatic carbocycles. The average molecular weight is 385 g/mol. The summed E-state index contributed by atoms with van der Waals surface area (Å²) in [7, 11) is 0. The molecule has 0 radical (unpaired) electrons. The largest absolute Gasteiger partial charge is 0.491 e. The summed E-state index contributed by atoms with van der Waals surface area (Å²) in [5, 5.41) is 5.84. The van der Waals surface area contributed by atoms with E-state index >= 15 is 0 Å². The molecule has 1 unspecified atom stereocenters. The summed E-state index contributed by atoms with van der Waals surface area (Å²) in [6.45, 7) is 8.03. The molecule has 0 saturated heterocycles. The molecule has 0 fully saturated rings. The highest BCUT2D eigenvalue weighted by molar-refractivity contribution is 7.80. The van der Waals surface area contributed by atoms with Crippen LogP contribution in [0.25, 0.3) is 0 Å². The molecule has 0 spiro atoms. The summed E-state index contributed by atoms with van der Waals surface area (Å²) in [5.41, 5.74) is 1.13. The molecular formula is C21H24N2O3S. The van der Waals surface area contributed by atoms with Crippen molar-refractivity contribution >= 4 is 28.9 Å². The Morgan fingerprint density at radius 1 is 1.26 bits per heavy atom. The molecule has 6 heteroatoms. The molecule has 27 heavy (non-hydrogen) atoms. The fraction of sp³-hybridized carbons (Fsp3) is 0.238. The molecule has 0 bridgehead atoms. The highest BCUT2D eigenvalue weighted by atomic mass is 32.1. The first kappa shape index (κ1) is 20.5. The molecule has 2 aromatic carbocycles. The maximum Gasteiger partial charge on any atom is 0.257 e. The van der Waals surface area contributed by atoms with E-state index in [2.05, 4.69) is 17.2 Å². The van der Waals surface area contributed by atoms with Crippen molar-refractivity contribution in [2.45, 2.75) is 26.4 Å². The van der Waals surface area contributed by atoms with Crippen LogP contribution in [-0.4, -0.2) is 23.7 Å². The number of para-hydroxylation sites is 2. The van der Waals surface area contributed by atoms with Crippen molar-refractivity contribution in [3.05, 3.63) is 66.7 Å². The number of carbonyl (C=O) groups is 1. The lowest BCUT2D eigenvalue weighted by atomic mass is 10.2. The summed E-state index contributed by atoms with van der Waals surface area (Å²) >= 11 is 5.26. The van der Waals surface area contributed by atoms with Gasteiger partial charge in [-0.05, 0) is 55.9 Å². The van der Waals surface area contributed by atoms with Crippen molar-refractivity contribution in [1.82, 2.24) is 5.32 Å². The van der Waals surface area contributed by atoms with E-state index in [-0.39, 0.29) is 17.1 Å². The highest BCUT2D eigenvalue weighted by Gasteiger charge is 2.11. The SMILES string of the molecule is C=CCOc1ccccc1NC(=S)NC(=O)c1cccc(OC(C)CC)c1. The third-order valence-corrected chi connectivity index (χ3v) is 3.93. The van der Waals surface area contributed by atoms with Crippen LogP contribution in [0.4, 0.5) is 5.69 Å². The predicted octanol–water partition coefficient (Wildman–Crippen LogP) is 4.56. The van der Waals surface area contributed by atoms with Crippen LogP contribution in [-0.2, 0) is 0 Å². The molecule has 2 aromatic rings. The summed E-state index contributed by atoms with van der Waals surface area (Å²) < 4.78 is 11.3. The van der Waals surface area contributed by atoms with Gasteiger partial charge in [-0.1, -0.05) is 37.8 Å². The third kappa shape index (κ3) is 6.42. The van der Waals surface area contributed by atoms with Crippen LogP contribution in [0.3, 0.4) is 0 Å². The standard InChI is InChI=1S/C21H24N2O3S/c1-4-13-25-19-12-7-6-11-18(19)22-21(27)23-20(24)16-9-8-10-17(14-16)26-15(3)5-2/h4,6-12,14-15H,1,5,13H2,2-3H3,(H2,22,23,24,27). The minimum absolute atomic E-state index is 0.0816. The van der Waals surface area contributed by atoms with E-state index in [1.807, 2.05) is 44.2 Å². The van der Waals surface area contributed by atoms with Crippen LogP contribution >= 0.6 is 12.2 Å². The van der Waals surface area contributed by atoms with Gasteiger partial charge < -0.3 is 14.8 Å². The van der Waals surface area contributed by atoms with Gasteiger partial charge in [0.1, 0.15) is 18.1 Å². The number of hydrogen-bond acceptors (Lipinski definition) is 4. The number of hydrogen-bond donors (Lipinski definition) is 2. The Balaban J connectivity index is 2.01. The summed E-state index contributed by atoms with van der Waals surface area (Å²) in [4.78, 5) is 12.5. The maximum atomic E-state index is 12.5. The van der Waals surface area contributed by atoms with Gasteiger partial charge in [-0.3, -0.25) is 10.1 Å². The Bertz CT molecular complexity index is 808. The van der Waals surface area contributed by atoms with Gasteiger partial charge in [0.05, 0.1) is 11.8 Å². The van der Waals surface area contributed by atoms with Crippen LogP contribution in [0.5, 0.6) is 11.5 Å². The Morgan fingerprint density at radius 2 is 2.04 bits per heavy atom. The molecule has 0 saturated carbocycles. The van der Waals surface area contributed by atoms with Gasteiger partial charge in [0.2, 0.25) is 0 Å². The molecule has 0 aliphatic heterocycles. The lowest BCUT2D eigenvalue weighted by Gasteiger charge is -2.15. The number of amides is 1. The Hall–Kier alpha value is -2.86. The summed E-state index contributed by atoms with van der Waals surface area (Å²) in [6.07, 6.45) is 2.63. The lowest BCUT2D eigenvalue weighted by Crippen LogP contribution is -2.34. The van der Waals surface area contributed by atoms with Gasteiger partial charge in [-0.25, -0.2) is 0 Å². The predicted molar refractivity (Wildman–Crippen MR) is 113 cm³/mol. The van der Waals surface area contributed by atoms with Crippen molar-refractivity contribution in [2.24, 2.45) is 0 Å². The van der Waals surface area contributed by atoms with E-state index < -0.39 is 0 Å². The van der Waals surface area contributed by atoms with E-state index in [0.29, 0.717) is 29.4 Å². The average Bonchev–Trinajstić information content (AvgIpc) is 2.67. The number of carbonyl (C=O) groups excluding carboxylic acids is 1.